The number of likely N-dealkylation sites (tertiary alicyclic amines) is 2. The molecule has 1 aromatic carbocycles. The van der Waals surface area contributed by atoms with Crippen molar-refractivity contribution in [1.29, 1.82) is 0 Å². The zero-order valence-electron chi connectivity index (χ0n) is 30.1. The summed E-state index contributed by atoms with van der Waals surface area (Å²) in [5.74, 6) is 3.08. The average Bonchev–Trinajstić information content (AvgIpc) is 3.60. The molecular formula is C38H48ClFN6O7. The zero-order chi connectivity index (χ0) is 37.0. The lowest BCUT2D eigenvalue weighted by Crippen LogP contribution is -2.56. The number of hydrogen-bond donors (Lipinski definition) is 0. The standard InChI is InChI=1S/C38H48ClFN6O7/c1-2-16-49-18-20-51-22-23-52-21-19-50-17-15-43-26-30(27-43)53-37(48)44-13-8-38(9-14-44)31-7-11-41-25-34(31)46(36(38)47)28-35-42-32-24-29(39)5-6-33(32)45(35)12-4-3-10-40/h1,5-7,11,24-25,30H,3-4,8-10,12-23,26-28H2. The number of anilines is 1. The summed E-state index contributed by atoms with van der Waals surface area (Å²) in [7, 11) is 0. The number of imidazole rings is 1. The molecule has 3 aliphatic heterocycles. The van der Waals surface area contributed by atoms with Crippen LogP contribution in [0.3, 0.4) is 0 Å². The van der Waals surface area contributed by atoms with Crippen LogP contribution < -0.4 is 4.90 Å². The number of rotatable bonds is 20. The van der Waals surface area contributed by atoms with Gasteiger partial charge in [0.2, 0.25) is 5.91 Å². The Morgan fingerprint density at radius 2 is 1.70 bits per heavy atom. The van der Waals surface area contributed by atoms with Crippen molar-refractivity contribution in [3.63, 3.8) is 0 Å². The summed E-state index contributed by atoms with van der Waals surface area (Å²) < 4.78 is 42.6. The molecule has 5 heterocycles. The Bertz CT molecular complexity index is 1720. The highest BCUT2D eigenvalue weighted by atomic mass is 35.5. The van der Waals surface area contributed by atoms with Gasteiger partial charge in [0.05, 0.1) is 87.8 Å². The number of amides is 2. The fraction of sp³-hybridized carbons (Fsp3) is 0.579. The van der Waals surface area contributed by atoms with E-state index < -0.39 is 5.41 Å². The maximum Gasteiger partial charge on any atom is 0.410 e. The van der Waals surface area contributed by atoms with Gasteiger partial charge in [-0.05, 0) is 55.5 Å². The highest BCUT2D eigenvalue weighted by Gasteiger charge is 2.53. The van der Waals surface area contributed by atoms with Crippen molar-refractivity contribution in [3.8, 4) is 12.3 Å². The molecule has 0 N–H and O–H groups in total. The van der Waals surface area contributed by atoms with E-state index in [4.69, 9.17) is 46.7 Å². The maximum atomic E-state index is 14.4. The second kappa shape index (κ2) is 19.0. The molecule has 2 fully saturated rings. The third kappa shape index (κ3) is 9.46. The van der Waals surface area contributed by atoms with Crippen molar-refractivity contribution in [2.75, 3.05) is 97.2 Å². The third-order valence-electron chi connectivity index (χ3n) is 10.0. The summed E-state index contributed by atoms with van der Waals surface area (Å²) >= 11 is 6.27. The van der Waals surface area contributed by atoms with Crippen molar-refractivity contribution in [2.24, 2.45) is 0 Å². The fourth-order valence-electron chi connectivity index (χ4n) is 7.21. The Kier molecular flexibility index (Phi) is 13.9. The summed E-state index contributed by atoms with van der Waals surface area (Å²) in [4.78, 5) is 42.4. The molecule has 53 heavy (non-hydrogen) atoms. The molecule has 0 unspecified atom stereocenters. The van der Waals surface area contributed by atoms with Crippen LogP contribution in [-0.2, 0) is 47.0 Å². The number of nitrogens with zero attached hydrogens (tertiary/aromatic N) is 6. The minimum absolute atomic E-state index is 0.0234. The van der Waals surface area contributed by atoms with Crippen LogP contribution in [-0.4, -0.2) is 135 Å². The van der Waals surface area contributed by atoms with Gasteiger partial charge in [0.15, 0.2) is 0 Å². The lowest BCUT2D eigenvalue weighted by atomic mass is 9.74. The minimum atomic E-state index is -0.770. The molecule has 15 heteroatoms. The van der Waals surface area contributed by atoms with Crippen LogP contribution in [0.15, 0.2) is 36.7 Å². The maximum absolute atomic E-state index is 14.4. The van der Waals surface area contributed by atoms with E-state index in [0.717, 1.165) is 28.8 Å². The predicted molar refractivity (Wildman–Crippen MR) is 197 cm³/mol. The molecule has 0 saturated carbocycles. The van der Waals surface area contributed by atoms with Crippen LogP contribution >= 0.6 is 11.6 Å². The van der Waals surface area contributed by atoms with Gasteiger partial charge < -0.3 is 38.1 Å². The van der Waals surface area contributed by atoms with E-state index in [9.17, 15) is 14.0 Å². The molecule has 13 nitrogen and oxygen atoms in total. The second-order valence-corrected chi connectivity index (χ2v) is 13.9. The van der Waals surface area contributed by atoms with E-state index in [-0.39, 0.29) is 37.9 Å². The normalized spacial score (nSPS) is 17.0. The number of aryl methyl sites for hydroxylation is 1. The van der Waals surface area contributed by atoms with Gasteiger partial charge in [-0.2, -0.15) is 0 Å². The molecule has 0 atom stereocenters. The number of pyridine rings is 1. The first-order chi connectivity index (χ1) is 25.9. The summed E-state index contributed by atoms with van der Waals surface area (Å²) in [6.07, 6.45) is 10.1. The molecular weight excluding hydrogens is 707 g/mol. The Morgan fingerprint density at radius 1 is 0.981 bits per heavy atom. The van der Waals surface area contributed by atoms with Crippen molar-refractivity contribution < 1.29 is 37.7 Å². The number of carbonyl (C=O) groups excluding carboxylic acids is 2. The minimum Gasteiger partial charge on any atom is -0.443 e. The Labute approximate surface area is 314 Å². The quantitative estimate of drug-likeness (QED) is 0.122. The summed E-state index contributed by atoms with van der Waals surface area (Å²) in [5, 5.41) is 0.574. The van der Waals surface area contributed by atoms with Gasteiger partial charge in [-0.1, -0.05) is 17.5 Å². The summed E-state index contributed by atoms with van der Waals surface area (Å²) in [6, 6.07) is 7.45. The number of terminal acetylenes is 1. The largest absolute Gasteiger partial charge is 0.443 e. The van der Waals surface area contributed by atoms with E-state index >= 15 is 0 Å². The first-order valence-electron chi connectivity index (χ1n) is 18.3. The highest BCUT2D eigenvalue weighted by Crippen LogP contribution is 2.48. The molecule has 2 aromatic heterocycles. The Morgan fingerprint density at radius 3 is 2.42 bits per heavy atom. The monoisotopic (exact) mass is 754 g/mol. The molecule has 286 valence electrons. The van der Waals surface area contributed by atoms with Gasteiger partial charge in [0, 0.05) is 50.5 Å². The third-order valence-corrected chi connectivity index (χ3v) is 10.3. The summed E-state index contributed by atoms with van der Waals surface area (Å²) in [5.41, 5.74) is 2.53. The second-order valence-electron chi connectivity index (χ2n) is 13.4. The fourth-order valence-corrected chi connectivity index (χ4v) is 7.38. The number of hydrogen-bond acceptors (Lipinski definition) is 10. The van der Waals surface area contributed by atoms with Gasteiger partial charge in [-0.25, -0.2) is 9.78 Å². The molecule has 3 aromatic rings. The van der Waals surface area contributed by atoms with E-state index in [1.807, 2.05) is 18.2 Å². The van der Waals surface area contributed by atoms with Crippen LogP contribution in [0.25, 0.3) is 11.0 Å². The molecule has 1 spiro atoms. The van der Waals surface area contributed by atoms with Crippen LogP contribution in [0, 0.1) is 12.3 Å². The molecule has 0 aliphatic carbocycles. The van der Waals surface area contributed by atoms with E-state index in [2.05, 4.69) is 20.4 Å². The number of piperidine rings is 1. The average molecular weight is 755 g/mol. The molecule has 2 saturated heterocycles. The number of halogens is 2. The number of unbranched alkanes of at least 4 members (excludes halogenated alkanes) is 1. The van der Waals surface area contributed by atoms with Crippen LogP contribution in [0.4, 0.5) is 14.9 Å². The van der Waals surface area contributed by atoms with Crippen LogP contribution in [0.5, 0.6) is 0 Å². The first kappa shape index (κ1) is 38.9. The number of benzene rings is 1. The first-order valence-corrected chi connectivity index (χ1v) is 18.7. The molecule has 0 bridgehead atoms. The van der Waals surface area contributed by atoms with E-state index in [1.54, 1.807) is 28.3 Å². The van der Waals surface area contributed by atoms with Gasteiger partial charge >= 0.3 is 6.09 Å². The molecule has 2 amide bonds. The van der Waals surface area contributed by atoms with Crippen molar-refractivity contribution in [3.05, 3.63) is 53.1 Å². The number of aromatic nitrogens is 3. The van der Waals surface area contributed by atoms with Crippen LogP contribution in [0.1, 0.15) is 37.1 Å². The number of ether oxygens (including phenoxy) is 5. The Hall–Kier alpha value is -3.84. The van der Waals surface area contributed by atoms with Gasteiger partial charge in [0.25, 0.3) is 0 Å². The molecule has 0 radical (unpaired) electrons. The van der Waals surface area contributed by atoms with Gasteiger partial charge in [0.1, 0.15) is 18.5 Å². The van der Waals surface area contributed by atoms with E-state index in [0.29, 0.717) is 116 Å². The van der Waals surface area contributed by atoms with Gasteiger partial charge in [-0.3, -0.25) is 19.1 Å². The van der Waals surface area contributed by atoms with Crippen LogP contribution in [0.2, 0.25) is 5.02 Å². The summed E-state index contributed by atoms with van der Waals surface area (Å²) in [6.45, 7) is 7.05. The van der Waals surface area contributed by atoms with E-state index in [1.165, 1.54) is 0 Å². The van der Waals surface area contributed by atoms with Crippen molar-refractivity contribution >= 4 is 40.3 Å². The van der Waals surface area contributed by atoms with Crippen molar-refractivity contribution in [2.45, 2.75) is 50.3 Å². The molecule has 6 rings (SSSR count). The number of alkyl halides is 1. The van der Waals surface area contributed by atoms with Gasteiger partial charge in [-0.15, -0.1) is 6.42 Å². The highest BCUT2D eigenvalue weighted by molar-refractivity contribution is 6.31. The lowest BCUT2D eigenvalue weighted by Gasteiger charge is -2.41. The topological polar surface area (TPSA) is 121 Å². The molecule has 3 aliphatic rings. The Balaban J connectivity index is 0.934. The SMILES string of the molecule is C#CCOCCOCCOCCOCCN1CC(OC(=O)N2CCC3(CC2)C(=O)N(Cc2nc4cc(Cl)ccc4n2CCCCF)c2cnccc23)C1. The lowest BCUT2D eigenvalue weighted by molar-refractivity contribution is -0.125. The number of carbonyl (C=O) groups is 2. The number of fused-ring (bicyclic) bond motifs is 3. The zero-order valence-corrected chi connectivity index (χ0v) is 30.8. The smallest absolute Gasteiger partial charge is 0.410 e. The van der Waals surface area contributed by atoms with Crippen molar-refractivity contribution in [1.82, 2.24) is 24.3 Å². The predicted octanol–water partition coefficient (Wildman–Crippen LogP) is 4.24.